The maximum Gasteiger partial charge on any atom is 0.339 e. The van der Waals surface area contributed by atoms with Gasteiger partial charge in [0, 0.05) is 11.1 Å². The van der Waals surface area contributed by atoms with Crippen LogP contribution in [0.3, 0.4) is 0 Å². The molecule has 1 spiro atoms. The maximum absolute atomic E-state index is 12.9. The number of hydrogen-bond donors (Lipinski definition) is 0. The summed E-state index contributed by atoms with van der Waals surface area (Å²) in [6, 6.07) is 14.7. The van der Waals surface area contributed by atoms with Crippen molar-refractivity contribution in [2.75, 3.05) is 0 Å². The maximum atomic E-state index is 12.9. The van der Waals surface area contributed by atoms with E-state index < -0.39 is 17.5 Å². The fraction of sp³-hybridized carbons (Fsp3) is 0.143. The molecule has 0 aromatic heterocycles. The van der Waals surface area contributed by atoms with Crippen LogP contribution in [0.15, 0.2) is 72.0 Å². The second-order valence-electron chi connectivity index (χ2n) is 6.54. The molecule has 0 fully saturated rings. The first-order valence-electron chi connectivity index (χ1n) is 8.15. The molecule has 2 heterocycles. The molecule has 25 heavy (non-hydrogen) atoms. The minimum atomic E-state index is -1.18. The van der Waals surface area contributed by atoms with Crippen LogP contribution in [-0.4, -0.2) is 11.8 Å². The van der Waals surface area contributed by atoms with Gasteiger partial charge in [0.2, 0.25) is 0 Å². The molecule has 0 saturated heterocycles. The summed E-state index contributed by atoms with van der Waals surface area (Å²) in [5, 5.41) is 0. The number of carbonyl (C=O) groups excluding carboxylic acids is 2. The molecule has 0 N–H and O–H groups in total. The first-order valence-corrected chi connectivity index (χ1v) is 8.15. The van der Waals surface area contributed by atoms with E-state index in [1.54, 1.807) is 18.2 Å². The van der Waals surface area contributed by atoms with Gasteiger partial charge in [-0.25, -0.2) is 4.79 Å². The average Bonchev–Trinajstić information content (AvgIpc) is 2.88. The summed E-state index contributed by atoms with van der Waals surface area (Å²) in [6.07, 6.45) is 3.43. The van der Waals surface area contributed by atoms with Crippen LogP contribution in [0.2, 0.25) is 0 Å². The van der Waals surface area contributed by atoms with Crippen LogP contribution < -0.4 is 4.74 Å². The summed E-state index contributed by atoms with van der Waals surface area (Å²) >= 11 is 0. The van der Waals surface area contributed by atoms with E-state index in [0.29, 0.717) is 28.2 Å². The van der Waals surface area contributed by atoms with E-state index in [0.717, 1.165) is 5.57 Å². The van der Waals surface area contributed by atoms with Gasteiger partial charge in [-0.05, 0) is 36.8 Å². The summed E-state index contributed by atoms with van der Waals surface area (Å²) in [7, 11) is 0. The Morgan fingerprint density at radius 1 is 0.920 bits per heavy atom. The van der Waals surface area contributed by atoms with Gasteiger partial charge in [0.25, 0.3) is 0 Å². The van der Waals surface area contributed by atoms with Crippen molar-refractivity contribution < 1.29 is 19.1 Å². The van der Waals surface area contributed by atoms with Crippen LogP contribution >= 0.6 is 0 Å². The van der Waals surface area contributed by atoms with Crippen LogP contribution in [0.1, 0.15) is 28.4 Å². The number of carbonyl (C=O) groups is 2. The van der Waals surface area contributed by atoms with Gasteiger partial charge < -0.3 is 9.47 Å². The Labute approximate surface area is 144 Å². The Bertz CT molecular complexity index is 1010. The molecule has 0 bridgehead atoms. The minimum Gasteiger partial charge on any atom is -0.460 e. The lowest BCUT2D eigenvalue weighted by atomic mass is 9.69. The zero-order chi connectivity index (χ0) is 17.2. The Morgan fingerprint density at radius 3 is 2.48 bits per heavy atom. The molecule has 2 aromatic carbocycles. The lowest BCUT2D eigenvalue weighted by Gasteiger charge is -2.42. The van der Waals surface area contributed by atoms with E-state index in [1.807, 2.05) is 49.4 Å². The topological polar surface area (TPSA) is 52.6 Å². The van der Waals surface area contributed by atoms with Crippen molar-refractivity contribution in [2.24, 2.45) is 5.92 Å². The van der Waals surface area contributed by atoms with Crippen molar-refractivity contribution in [3.05, 3.63) is 88.7 Å². The monoisotopic (exact) mass is 330 g/mol. The Hall–Kier alpha value is -3.14. The predicted molar refractivity (Wildman–Crippen MR) is 90.0 cm³/mol. The molecule has 2 unspecified atom stereocenters. The Morgan fingerprint density at radius 2 is 1.64 bits per heavy atom. The van der Waals surface area contributed by atoms with Gasteiger partial charge in [-0.2, -0.15) is 0 Å². The highest BCUT2D eigenvalue weighted by molar-refractivity contribution is 6.02. The third-order valence-corrected chi connectivity index (χ3v) is 5.03. The summed E-state index contributed by atoms with van der Waals surface area (Å²) in [6.45, 7) is 1.85. The lowest BCUT2D eigenvalue weighted by molar-refractivity contribution is -0.126. The van der Waals surface area contributed by atoms with Gasteiger partial charge in [0.15, 0.2) is 11.4 Å². The number of hydrogen-bond acceptors (Lipinski definition) is 4. The fourth-order valence-corrected chi connectivity index (χ4v) is 4.09. The van der Waals surface area contributed by atoms with Crippen molar-refractivity contribution in [3.8, 4) is 5.75 Å². The average molecular weight is 330 g/mol. The number of fused-ring (bicyclic) bond motifs is 6. The summed E-state index contributed by atoms with van der Waals surface area (Å²) in [4.78, 5) is 25.5. The van der Waals surface area contributed by atoms with Gasteiger partial charge in [0.1, 0.15) is 17.4 Å². The van der Waals surface area contributed by atoms with E-state index in [9.17, 15) is 9.59 Å². The number of para-hydroxylation sites is 1. The number of benzene rings is 2. The summed E-state index contributed by atoms with van der Waals surface area (Å²) < 4.78 is 12.0. The molecule has 4 heteroatoms. The van der Waals surface area contributed by atoms with E-state index in [-0.39, 0.29) is 5.78 Å². The first-order chi connectivity index (χ1) is 12.1. The van der Waals surface area contributed by atoms with E-state index in [1.165, 1.54) is 0 Å². The normalized spacial score (nSPS) is 26.0. The molecule has 0 saturated carbocycles. The van der Waals surface area contributed by atoms with E-state index in [2.05, 4.69) is 0 Å². The first kappa shape index (κ1) is 14.2. The summed E-state index contributed by atoms with van der Waals surface area (Å²) in [5.74, 6) is -0.108. The molecular weight excluding hydrogens is 316 g/mol. The summed E-state index contributed by atoms with van der Waals surface area (Å²) in [5.41, 5.74) is 1.56. The molecule has 2 aromatic rings. The molecule has 2 atom stereocenters. The third kappa shape index (κ3) is 1.71. The smallest absolute Gasteiger partial charge is 0.339 e. The van der Waals surface area contributed by atoms with Crippen molar-refractivity contribution >= 4 is 11.8 Å². The number of ketones is 1. The molecule has 2 aliphatic heterocycles. The molecule has 0 radical (unpaired) electrons. The molecule has 122 valence electrons. The van der Waals surface area contributed by atoms with Crippen LogP contribution in [0.25, 0.3) is 0 Å². The molecule has 1 aliphatic carbocycles. The van der Waals surface area contributed by atoms with Crippen molar-refractivity contribution in [2.45, 2.75) is 12.5 Å². The van der Waals surface area contributed by atoms with Crippen molar-refractivity contribution in [1.29, 1.82) is 0 Å². The van der Waals surface area contributed by atoms with Gasteiger partial charge in [-0.3, -0.25) is 4.79 Å². The van der Waals surface area contributed by atoms with Crippen molar-refractivity contribution in [3.63, 3.8) is 0 Å². The largest absolute Gasteiger partial charge is 0.460 e. The quantitative estimate of drug-likeness (QED) is 0.694. The van der Waals surface area contributed by atoms with Gasteiger partial charge in [-0.15, -0.1) is 0 Å². The van der Waals surface area contributed by atoms with Gasteiger partial charge in [0.05, 0.1) is 5.56 Å². The van der Waals surface area contributed by atoms with E-state index in [4.69, 9.17) is 9.47 Å². The van der Waals surface area contributed by atoms with Crippen LogP contribution in [0.4, 0.5) is 0 Å². The molecule has 3 aliphatic rings. The second kappa shape index (κ2) is 4.70. The van der Waals surface area contributed by atoms with Gasteiger partial charge in [-0.1, -0.05) is 36.4 Å². The van der Waals surface area contributed by atoms with Crippen LogP contribution in [-0.2, 0) is 15.1 Å². The highest BCUT2D eigenvalue weighted by Crippen LogP contribution is 2.56. The molecule has 4 nitrogen and oxygen atoms in total. The minimum absolute atomic E-state index is 0.117. The van der Waals surface area contributed by atoms with Crippen LogP contribution in [0, 0.1) is 5.92 Å². The highest BCUT2D eigenvalue weighted by atomic mass is 16.6. The predicted octanol–water partition coefficient (Wildman–Crippen LogP) is 3.52. The second-order valence-corrected chi connectivity index (χ2v) is 6.54. The Kier molecular flexibility index (Phi) is 2.67. The third-order valence-electron chi connectivity index (χ3n) is 5.03. The van der Waals surface area contributed by atoms with Gasteiger partial charge >= 0.3 is 5.97 Å². The lowest BCUT2D eigenvalue weighted by Crippen LogP contribution is -2.47. The Balaban J connectivity index is 1.88. The molecule has 0 amide bonds. The van der Waals surface area contributed by atoms with Crippen LogP contribution in [0.5, 0.6) is 5.75 Å². The number of allylic oxidation sites excluding steroid dienone is 3. The SMILES string of the molecule is CC1=CC(=O)C2C(=C1)Oc1ccccc1C21OC(=O)c2ccccc21. The highest BCUT2D eigenvalue weighted by Gasteiger charge is 2.60. The standard InChI is InChI=1S/C21H14O4/c1-12-10-16(22)19-18(11-12)24-17-9-5-4-8-15(17)21(19)14-7-3-2-6-13(14)20(23)25-21/h2-11,19H,1H3. The number of esters is 1. The molecular formula is C21H14O4. The number of rotatable bonds is 0. The van der Waals surface area contributed by atoms with Crippen molar-refractivity contribution in [1.82, 2.24) is 0 Å². The fourth-order valence-electron chi connectivity index (χ4n) is 4.09. The van der Waals surface area contributed by atoms with E-state index >= 15 is 0 Å². The zero-order valence-corrected chi connectivity index (χ0v) is 13.5. The number of ether oxygens (including phenoxy) is 2. The molecule has 5 rings (SSSR count). The zero-order valence-electron chi connectivity index (χ0n) is 13.5.